The van der Waals surface area contributed by atoms with E-state index in [1.54, 1.807) is 26.0 Å². The fraction of sp³-hybridized carbons (Fsp3) is 0.625. The zero-order chi connectivity index (χ0) is 22.8. The van der Waals surface area contributed by atoms with Crippen molar-refractivity contribution in [2.45, 2.75) is 52.0 Å². The van der Waals surface area contributed by atoms with Crippen LogP contribution in [0, 0.1) is 5.92 Å². The van der Waals surface area contributed by atoms with Crippen LogP contribution in [0.25, 0.3) is 0 Å². The number of piperidine rings is 1. The molecule has 2 rings (SSSR count). The number of hydrogen-bond donors (Lipinski definition) is 2. The topological polar surface area (TPSA) is 77.0 Å². The van der Waals surface area contributed by atoms with Crippen LogP contribution >= 0.6 is 24.0 Å². The molecule has 1 aromatic carbocycles. The minimum Gasteiger partial charge on any atom is -0.356 e. The molecule has 7 nitrogen and oxygen atoms in total. The van der Waals surface area contributed by atoms with E-state index in [0.717, 1.165) is 63.3 Å². The summed E-state index contributed by atoms with van der Waals surface area (Å²) < 4.78 is 0. The standard InChI is InChI=1S/C24H39N5O2.HI/c1-6-19(7-2)23(31)29-15-12-21(13-16-29)27-24(25-3)26-14-11-18-9-8-10-20(17-18)22(30)28(4)5;/h8-10,17,19,21H,6-7,11-16H2,1-5H3,(H2,25,26,27);1H. The van der Waals surface area contributed by atoms with Gasteiger partial charge in [-0.1, -0.05) is 26.0 Å². The summed E-state index contributed by atoms with van der Waals surface area (Å²) >= 11 is 0. The molecule has 1 aromatic rings. The molecule has 1 saturated heterocycles. The Bertz CT molecular complexity index is 757. The normalized spacial score (nSPS) is 14.7. The molecule has 0 saturated carbocycles. The van der Waals surface area contributed by atoms with Crippen LogP contribution in [0.4, 0.5) is 0 Å². The zero-order valence-electron chi connectivity index (χ0n) is 20.2. The number of amides is 2. The molecular formula is C24H40IN5O2. The van der Waals surface area contributed by atoms with Gasteiger partial charge in [-0.3, -0.25) is 14.6 Å². The number of halogens is 1. The smallest absolute Gasteiger partial charge is 0.253 e. The van der Waals surface area contributed by atoms with Crippen molar-refractivity contribution in [2.75, 3.05) is 40.8 Å². The number of nitrogens with one attached hydrogen (secondary N) is 2. The van der Waals surface area contributed by atoms with Crippen molar-refractivity contribution < 1.29 is 9.59 Å². The average molecular weight is 558 g/mol. The highest BCUT2D eigenvalue weighted by Gasteiger charge is 2.26. The lowest BCUT2D eigenvalue weighted by Gasteiger charge is -2.34. The molecule has 0 aromatic heterocycles. The van der Waals surface area contributed by atoms with E-state index in [2.05, 4.69) is 29.5 Å². The van der Waals surface area contributed by atoms with Crippen LogP contribution in [0.15, 0.2) is 29.3 Å². The van der Waals surface area contributed by atoms with E-state index in [-0.39, 0.29) is 35.8 Å². The van der Waals surface area contributed by atoms with Crippen molar-refractivity contribution in [3.8, 4) is 0 Å². The van der Waals surface area contributed by atoms with E-state index < -0.39 is 0 Å². The fourth-order valence-corrected chi connectivity index (χ4v) is 3.97. The Kier molecular flexibility index (Phi) is 12.6. The summed E-state index contributed by atoms with van der Waals surface area (Å²) in [6, 6.07) is 8.08. The van der Waals surface area contributed by atoms with Crippen molar-refractivity contribution in [2.24, 2.45) is 10.9 Å². The first-order chi connectivity index (χ1) is 14.9. The molecule has 0 radical (unpaired) electrons. The fourth-order valence-electron chi connectivity index (χ4n) is 3.97. The molecule has 1 aliphatic heterocycles. The Hall–Kier alpha value is -1.84. The third kappa shape index (κ3) is 8.26. The SMILES string of the molecule is CCC(CC)C(=O)N1CCC(NC(=NC)NCCc2cccc(C(=O)N(C)C)c2)CC1.I. The Morgan fingerprint density at radius 1 is 1.19 bits per heavy atom. The summed E-state index contributed by atoms with van der Waals surface area (Å²) in [7, 11) is 5.30. The Morgan fingerprint density at radius 3 is 2.41 bits per heavy atom. The third-order valence-corrected chi connectivity index (χ3v) is 5.99. The number of hydrogen-bond acceptors (Lipinski definition) is 3. The number of carbonyl (C=O) groups is 2. The number of guanidine groups is 1. The molecule has 0 unspecified atom stereocenters. The summed E-state index contributed by atoms with van der Waals surface area (Å²) in [4.78, 5) is 32.7. The molecule has 32 heavy (non-hydrogen) atoms. The molecule has 180 valence electrons. The summed E-state index contributed by atoms with van der Waals surface area (Å²) in [5.41, 5.74) is 1.82. The van der Waals surface area contributed by atoms with E-state index in [9.17, 15) is 9.59 Å². The van der Waals surface area contributed by atoms with Gasteiger partial charge in [0.25, 0.3) is 5.91 Å². The number of rotatable bonds is 8. The minimum absolute atomic E-state index is 0. The molecule has 1 heterocycles. The monoisotopic (exact) mass is 557 g/mol. The first-order valence-corrected chi connectivity index (χ1v) is 11.5. The highest BCUT2D eigenvalue weighted by atomic mass is 127. The van der Waals surface area contributed by atoms with Gasteiger partial charge in [0, 0.05) is 58.3 Å². The minimum atomic E-state index is 0. The average Bonchev–Trinajstić information content (AvgIpc) is 2.79. The van der Waals surface area contributed by atoms with E-state index in [1.165, 1.54) is 0 Å². The van der Waals surface area contributed by atoms with Gasteiger partial charge in [0.15, 0.2) is 5.96 Å². The van der Waals surface area contributed by atoms with Crippen LogP contribution in [0.2, 0.25) is 0 Å². The highest BCUT2D eigenvalue weighted by molar-refractivity contribution is 14.0. The predicted molar refractivity (Wildman–Crippen MR) is 142 cm³/mol. The Morgan fingerprint density at radius 2 is 1.84 bits per heavy atom. The van der Waals surface area contributed by atoms with Crippen LogP contribution in [-0.4, -0.2) is 74.4 Å². The van der Waals surface area contributed by atoms with Gasteiger partial charge in [-0.05, 0) is 49.8 Å². The maximum absolute atomic E-state index is 12.6. The zero-order valence-corrected chi connectivity index (χ0v) is 22.5. The molecule has 1 fully saturated rings. The lowest BCUT2D eigenvalue weighted by Crippen LogP contribution is -2.50. The van der Waals surface area contributed by atoms with E-state index >= 15 is 0 Å². The van der Waals surface area contributed by atoms with Crippen LogP contribution in [0.3, 0.4) is 0 Å². The van der Waals surface area contributed by atoms with Crippen molar-refractivity contribution in [3.05, 3.63) is 35.4 Å². The lowest BCUT2D eigenvalue weighted by molar-refractivity contribution is -0.136. The third-order valence-electron chi connectivity index (χ3n) is 5.99. The summed E-state index contributed by atoms with van der Waals surface area (Å²) in [5.74, 6) is 1.26. The van der Waals surface area contributed by atoms with Crippen molar-refractivity contribution in [1.82, 2.24) is 20.4 Å². The second kappa shape index (κ2) is 14.3. The van der Waals surface area contributed by atoms with Gasteiger partial charge >= 0.3 is 0 Å². The van der Waals surface area contributed by atoms with Crippen molar-refractivity contribution >= 4 is 41.8 Å². The number of likely N-dealkylation sites (tertiary alicyclic amines) is 1. The van der Waals surface area contributed by atoms with Gasteiger partial charge in [0.2, 0.25) is 5.91 Å². The maximum atomic E-state index is 12.6. The first-order valence-electron chi connectivity index (χ1n) is 11.5. The second-order valence-electron chi connectivity index (χ2n) is 8.41. The first kappa shape index (κ1) is 28.2. The van der Waals surface area contributed by atoms with E-state index in [1.807, 2.05) is 29.2 Å². The maximum Gasteiger partial charge on any atom is 0.253 e. The van der Waals surface area contributed by atoms with Gasteiger partial charge < -0.3 is 20.4 Å². The van der Waals surface area contributed by atoms with Crippen LogP contribution in [-0.2, 0) is 11.2 Å². The van der Waals surface area contributed by atoms with E-state index in [4.69, 9.17) is 0 Å². The number of nitrogens with zero attached hydrogens (tertiary/aromatic N) is 3. The second-order valence-corrected chi connectivity index (χ2v) is 8.41. The lowest BCUT2D eigenvalue weighted by atomic mass is 9.98. The molecule has 0 spiro atoms. The molecule has 0 atom stereocenters. The largest absolute Gasteiger partial charge is 0.356 e. The van der Waals surface area contributed by atoms with Crippen LogP contribution < -0.4 is 10.6 Å². The molecule has 2 N–H and O–H groups in total. The summed E-state index contributed by atoms with van der Waals surface area (Å²) in [6.07, 6.45) is 4.49. The highest BCUT2D eigenvalue weighted by Crippen LogP contribution is 2.17. The molecule has 2 amide bonds. The van der Waals surface area contributed by atoms with Gasteiger partial charge in [0.05, 0.1) is 0 Å². The summed E-state index contributed by atoms with van der Waals surface area (Å²) in [5, 5.41) is 6.86. The Labute approximate surface area is 210 Å². The van der Waals surface area contributed by atoms with Crippen molar-refractivity contribution in [3.63, 3.8) is 0 Å². The van der Waals surface area contributed by atoms with Crippen LogP contribution in [0.5, 0.6) is 0 Å². The molecular weight excluding hydrogens is 517 g/mol. The quantitative estimate of drug-likeness (QED) is 0.293. The van der Waals surface area contributed by atoms with Gasteiger partial charge in [-0.15, -0.1) is 24.0 Å². The number of aliphatic imine (C=N–C) groups is 1. The molecule has 0 aliphatic carbocycles. The van der Waals surface area contributed by atoms with E-state index in [0.29, 0.717) is 17.5 Å². The van der Waals surface area contributed by atoms with Gasteiger partial charge in [-0.2, -0.15) is 0 Å². The van der Waals surface area contributed by atoms with Gasteiger partial charge in [0.1, 0.15) is 0 Å². The number of carbonyl (C=O) groups excluding carboxylic acids is 2. The molecule has 8 heteroatoms. The molecule has 1 aliphatic rings. The van der Waals surface area contributed by atoms with Crippen molar-refractivity contribution in [1.29, 1.82) is 0 Å². The Balaban J connectivity index is 0.00000512. The van der Waals surface area contributed by atoms with Crippen LogP contribution in [0.1, 0.15) is 55.5 Å². The van der Waals surface area contributed by atoms with Gasteiger partial charge in [-0.25, -0.2) is 0 Å². The number of benzene rings is 1. The molecule has 0 bridgehead atoms. The predicted octanol–water partition coefficient (Wildman–Crippen LogP) is 3.14. The summed E-state index contributed by atoms with van der Waals surface area (Å²) in [6.45, 7) is 6.51.